The fourth-order valence-corrected chi connectivity index (χ4v) is 4.61. The number of hydrogen-bond acceptors (Lipinski definition) is 5. The summed E-state index contributed by atoms with van der Waals surface area (Å²) in [6.45, 7) is 2.56. The Morgan fingerprint density at radius 1 is 1.24 bits per heavy atom. The number of aliphatic carboxylic acids is 1. The first kappa shape index (κ1) is 23.8. The van der Waals surface area contributed by atoms with Gasteiger partial charge in [0.15, 0.2) is 6.10 Å². The minimum Gasteiger partial charge on any atom is -0.481 e. The maximum Gasteiger partial charge on any atom is 0.336 e. The molecular weight excluding hydrogens is 465 g/mol. The van der Waals surface area contributed by atoms with Crippen molar-refractivity contribution in [3.8, 4) is 16.9 Å². The molecule has 7 nitrogen and oxygen atoms in total. The third-order valence-corrected chi connectivity index (χ3v) is 6.20. The first-order valence-corrected chi connectivity index (χ1v) is 11.3. The van der Waals surface area contributed by atoms with Crippen LogP contribution in [-0.2, 0) is 9.59 Å². The van der Waals surface area contributed by atoms with E-state index in [2.05, 4.69) is 0 Å². The molecule has 0 radical (unpaired) electrons. The number of piperidine rings is 1. The summed E-state index contributed by atoms with van der Waals surface area (Å²) in [7, 11) is 0. The fourth-order valence-electron chi connectivity index (χ4n) is 4.34. The number of likely N-dealkylation sites (tertiary alicyclic amines) is 1. The molecular formula is C25H23ClFNO6. The lowest BCUT2D eigenvalue weighted by molar-refractivity contribution is -0.143. The smallest absolute Gasteiger partial charge is 0.336 e. The quantitative estimate of drug-likeness (QED) is 0.505. The molecule has 34 heavy (non-hydrogen) atoms. The monoisotopic (exact) mass is 487 g/mol. The van der Waals surface area contributed by atoms with Gasteiger partial charge in [-0.3, -0.25) is 9.59 Å². The van der Waals surface area contributed by atoms with Gasteiger partial charge < -0.3 is 19.2 Å². The molecule has 3 aromatic rings. The van der Waals surface area contributed by atoms with Gasteiger partial charge in [-0.05, 0) is 56.0 Å². The number of ether oxygens (including phenoxy) is 1. The summed E-state index contributed by atoms with van der Waals surface area (Å²) < 4.78 is 24.6. The van der Waals surface area contributed by atoms with E-state index in [-0.39, 0.29) is 28.9 Å². The second-order valence-electron chi connectivity index (χ2n) is 8.41. The summed E-state index contributed by atoms with van der Waals surface area (Å²) in [5.74, 6) is -1.34. The van der Waals surface area contributed by atoms with Crippen molar-refractivity contribution in [2.45, 2.75) is 32.3 Å². The number of hydrogen-bond donors (Lipinski definition) is 1. The molecule has 1 fully saturated rings. The molecule has 1 N–H and O–H groups in total. The van der Waals surface area contributed by atoms with Crippen molar-refractivity contribution in [1.29, 1.82) is 0 Å². The van der Waals surface area contributed by atoms with Gasteiger partial charge in [0.05, 0.1) is 5.02 Å². The Bertz CT molecular complexity index is 1310. The van der Waals surface area contributed by atoms with Crippen LogP contribution in [0.25, 0.3) is 22.1 Å². The van der Waals surface area contributed by atoms with E-state index in [9.17, 15) is 18.8 Å². The van der Waals surface area contributed by atoms with E-state index >= 15 is 0 Å². The highest BCUT2D eigenvalue weighted by Gasteiger charge is 2.29. The number of amides is 1. The zero-order valence-corrected chi connectivity index (χ0v) is 19.2. The predicted octanol–water partition coefficient (Wildman–Crippen LogP) is 4.73. The van der Waals surface area contributed by atoms with Crippen LogP contribution in [0.2, 0.25) is 5.02 Å². The fraction of sp³-hybridized carbons (Fsp3) is 0.320. The number of benzene rings is 2. The van der Waals surface area contributed by atoms with Gasteiger partial charge in [-0.15, -0.1) is 0 Å². The van der Waals surface area contributed by atoms with Crippen LogP contribution in [-0.4, -0.2) is 41.1 Å². The van der Waals surface area contributed by atoms with Gasteiger partial charge in [-0.1, -0.05) is 11.6 Å². The highest BCUT2D eigenvalue weighted by Crippen LogP contribution is 2.34. The van der Waals surface area contributed by atoms with E-state index in [1.54, 1.807) is 24.0 Å². The van der Waals surface area contributed by atoms with Crippen molar-refractivity contribution in [2.75, 3.05) is 13.1 Å². The van der Waals surface area contributed by atoms with Gasteiger partial charge in [-0.2, -0.15) is 0 Å². The van der Waals surface area contributed by atoms with Crippen LogP contribution >= 0.6 is 11.6 Å². The third-order valence-electron chi connectivity index (χ3n) is 5.89. The van der Waals surface area contributed by atoms with Gasteiger partial charge in [0, 0.05) is 48.2 Å². The van der Waals surface area contributed by atoms with Crippen LogP contribution in [0.4, 0.5) is 4.39 Å². The second-order valence-corrected chi connectivity index (χ2v) is 8.82. The summed E-state index contributed by atoms with van der Waals surface area (Å²) in [5.41, 5.74) is 0.602. The minimum atomic E-state index is -0.873. The Morgan fingerprint density at radius 3 is 2.76 bits per heavy atom. The second kappa shape index (κ2) is 9.85. The van der Waals surface area contributed by atoms with Crippen molar-refractivity contribution in [1.82, 2.24) is 4.90 Å². The average molecular weight is 488 g/mol. The third kappa shape index (κ3) is 5.22. The van der Waals surface area contributed by atoms with Gasteiger partial charge in [0.25, 0.3) is 5.91 Å². The van der Waals surface area contributed by atoms with Crippen molar-refractivity contribution < 1.29 is 28.2 Å². The Labute approximate surface area is 199 Å². The van der Waals surface area contributed by atoms with Crippen LogP contribution in [0.5, 0.6) is 5.75 Å². The number of carbonyl (C=O) groups is 2. The van der Waals surface area contributed by atoms with Gasteiger partial charge >= 0.3 is 11.6 Å². The highest BCUT2D eigenvalue weighted by atomic mass is 35.5. The van der Waals surface area contributed by atoms with E-state index < -0.39 is 23.5 Å². The lowest BCUT2D eigenvalue weighted by atomic mass is 9.94. The van der Waals surface area contributed by atoms with Crippen LogP contribution < -0.4 is 10.4 Å². The normalized spacial score (nSPS) is 16.9. The molecule has 0 spiro atoms. The van der Waals surface area contributed by atoms with E-state index in [0.717, 1.165) is 12.8 Å². The highest BCUT2D eigenvalue weighted by molar-refractivity contribution is 6.33. The number of carboxylic acid groups (broad SMARTS) is 1. The molecule has 1 saturated heterocycles. The average Bonchev–Trinajstić information content (AvgIpc) is 2.77. The topological polar surface area (TPSA) is 97.0 Å². The van der Waals surface area contributed by atoms with Crippen molar-refractivity contribution in [3.05, 3.63) is 63.7 Å². The van der Waals surface area contributed by atoms with E-state index in [1.165, 1.54) is 30.3 Å². The lowest BCUT2D eigenvalue weighted by Crippen LogP contribution is -2.46. The SMILES string of the molecule is CC(Oc1ccc2c(-c3ccc(F)cc3Cl)cc(=O)oc2c1)C(=O)N1CCC[C@H](CC(=O)O)C1. The number of nitrogens with zero attached hydrogens (tertiary/aromatic N) is 1. The molecule has 9 heteroatoms. The first-order chi connectivity index (χ1) is 16.2. The molecule has 0 saturated carbocycles. The maximum absolute atomic E-state index is 13.5. The largest absolute Gasteiger partial charge is 0.481 e. The molecule has 2 aromatic carbocycles. The molecule has 1 amide bonds. The minimum absolute atomic E-state index is 0.0309. The molecule has 1 aliphatic rings. The number of fused-ring (bicyclic) bond motifs is 1. The maximum atomic E-state index is 13.5. The molecule has 178 valence electrons. The summed E-state index contributed by atoms with van der Waals surface area (Å²) in [6.07, 6.45) is 0.729. The molecule has 4 rings (SSSR count). The summed E-state index contributed by atoms with van der Waals surface area (Å²) in [4.78, 5) is 37.7. The van der Waals surface area contributed by atoms with Crippen molar-refractivity contribution >= 4 is 34.4 Å². The summed E-state index contributed by atoms with van der Waals surface area (Å²) >= 11 is 6.19. The van der Waals surface area contributed by atoms with E-state index in [0.29, 0.717) is 35.4 Å². The molecule has 1 unspecified atom stereocenters. The number of halogens is 2. The van der Waals surface area contributed by atoms with Crippen LogP contribution in [0, 0.1) is 11.7 Å². The summed E-state index contributed by atoms with van der Waals surface area (Å²) in [5, 5.41) is 9.77. The van der Waals surface area contributed by atoms with E-state index in [4.69, 9.17) is 25.9 Å². The van der Waals surface area contributed by atoms with Crippen LogP contribution in [0.1, 0.15) is 26.2 Å². The summed E-state index contributed by atoms with van der Waals surface area (Å²) in [6, 6.07) is 10.1. The molecule has 2 heterocycles. The Hall–Kier alpha value is -3.39. The van der Waals surface area contributed by atoms with Crippen LogP contribution in [0.15, 0.2) is 51.7 Å². The van der Waals surface area contributed by atoms with Crippen molar-refractivity contribution in [3.63, 3.8) is 0 Å². The Kier molecular flexibility index (Phi) is 6.88. The molecule has 1 aromatic heterocycles. The first-order valence-electron chi connectivity index (χ1n) is 10.9. The van der Waals surface area contributed by atoms with Gasteiger partial charge in [0.2, 0.25) is 0 Å². The molecule has 1 aliphatic heterocycles. The number of carboxylic acids is 1. The van der Waals surface area contributed by atoms with Crippen molar-refractivity contribution in [2.24, 2.45) is 5.92 Å². The standard InChI is InChI=1S/C25H23ClFNO6/c1-14(25(32)28-8-2-3-15(13-28)9-23(29)30)33-17-5-7-19-20(12-24(31)34-22(19)11-17)18-6-4-16(27)10-21(18)26/h4-7,10-12,14-15H,2-3,8-9,13H2,1H3,(H,29,30)/t14?,15-/m1/s1. The molecule has 0 aliphatic carbocycles. The number of rotatable bonds is 6. The zero-order chi connectivity index (χ0) is 24.4. The predicted molar refractivity (Wildman–Crippen MR) is 125 cm³/mol. The van der Waals surface area contributed by atoms with Gasteiger partial charge in [0.1, 0.15) is 17.1 Å². The van der Waals surface area contributed by atoms with Gasteiger partial charge in [-0.25, -0.2) is 9.18 Å². The Morgan fingerprint density at radius 2 is 2.03 bits per heavy atom. The molecule has 2 atom stereocenters. The lowest BCUT2D eigenvalue weighted by Gasteiger charge is -2.33. The van der Waals surface area contributed by atoms with E-state index in [1.807, 2.05) is 0 Å². The molecule has 0 bridgehead atoms. The Balaban J connectivity index is 1.55. The van der Waals surface area contributed by atoms with Crippen LogP contribution in [0.3, 0.4) is 0 Å². The zero-order valence-electron chi connectivity index (χ0n) is 18.4. The number of carbonyl (C=O) groups excluding carboxylic acids is 1.